The summed E-state index contributed by atoms with van der Waals surface area (Å²) in [6.45, 7) is 0.102. The van der Waals surface area contributed by atoms with Gasteiger partial charge in [-0.1, -0.05) is 11.6 Å². The van der Waals surface area contributed by atoms with Gasteiger partial charge in [0.15, 0.2) is 23.0 Å². The first-order valence-electron chi connectivity index (χ1n) is 8.90. The van der Waals surface area contributed by atoms with Gasteiger partial charge < -0.3 is 29.2 Å². The highest BCUT2D eigenvalue weighted by atomic mass is 35.5. The lowest BCUT2D eigenvalue weighted by molar-refractivity contribution is -0.111. The number of methoxy groups -OCH3 is 2. The topological polar surface area (TPSA) is 86.3 Å². The van der Waals surface area contributed by atoms with E-state index < -0.39 is 5.91 Å². The van der Waals surface area contributed by atoms with E-state index in [1.54, 1.807) is 38.4 Å². The minimum Gasteiger partial charge on any atom is -0.493 e. The Balaban J connectivity index is 1.86. The third kappa shape index (κ3) is 4.44. The molecular formula is C21H21ClN2O6. The Morgan fingerprint density at radius 1 is 1.10 bits per heavy atom. The fourth-order valence-electron chi connectivity index (χ4n) is 2.83. The second-order valence-corrected chi connectivity index (χ2v) is 6.92. The van der Waals surface area contributed by atoms with Gasteiger partial charge in [0.05, 0.1) is 30.5 Å². The summed E-state index contributed by atoms with van der Waals surface area (Å²) in [5, 5.41) is 3.10. The normalized spacial score (nSPS) is 12.0. The van der Waals surface area contributed by atoms with Crippen molar-refractivity contribution in [3.8, 4) is 23.0 Å². The Bertz CT molecular complexity index is 1020. The second-order valence-electron chi connectivity index (χ2n) is 6.51. The van der Waals surface area contributed by atoms with E-state index >= 15 is 0 Å². The van der Waals surface area contributed by atoms with Crippen LogP contribution in [0.3, 0.4) is 0 Å². The van der Waals surface area contributed by atoms with E-state index in [1.165, 1.54) is 31.3 Å². The molecule has 2 amide bonds. The Kier molecular flexibility index (Phi) is 6.37. The zero-order valence-corrected chi connectivity index (χ0v) is 17.7. The molecule has 1 heterocycles. The molecule has 9 heteroatoms. The summed E-state index contributed by atoms with van der Waals surface area (Å²) in [5.41, 5.74) is 1.23. The van der Waals surface area contributed by atoms with Crippen LogP contribution >= 0.6 is 11.6 Å². The second kappa shape index (κ2) is 8.96. The number of halogens is 1. The van der Waals surface area contributed by atoms with Gasteiger partial charge >= 0.3 is 0 Å². The summed E-state index contributed by atoms with van der Waals surface area (Å²) in [6.07, 6.45) is 2.91. The van der Waals surface area contributed by atoms with Crippen molar-refractivity contribution in [1.82, 2.24) is 4.90 Å². The Labute approximate surface area is 178 Å². The van der Waals surface area contributed by atoms with E-state index in [4.69, 9.17) is 30.5 Å². The molecule has 0 saturated heterocycles. The third-order valence-corrected chi connectivity index (χ3v) is 4.58. The minimum absolute atomic E-state index is 0.102. The molecule has 0 unspecified atom stereocenters. The molecule has 0 radical (unpaired) electrons. The highest BCUT2D eigenvalue weighted by Gasteiger charge is 2.20. The lowest BCUT2D eigenvalue weighted by Gasteiger charge is -2.17. The number of hydrogen-bond donors (Lipinski definition) is 1. The number of fused-ring (bicyclic) bond motifs is 1. The van der Waals surface area contributed by atoms with Crippen LogP contribution in [-0.2, 0) is 4.79 Å². The van der Waals surface area contributed by atoms with Gasteiger partial charge in [0.25, 0.3) is 5.91 Å². The van der Waals surface area contributed by atoms with Crippen molar-refractivity contribution < 1.29 is 28.5 Å². The minimum atomic E-state index is -0.441. The molecule has 2 aromatic rings. The van der Waals surface area contributed by atoms with E-state index in [1.807, 2.05) is 0 Å². The van der Waals surface area contributed by atoms with Crippen LogP contribution in [0.15, 0.2) is 30.3 Å². The first-order chi connectivity index (χ1) is 14.3. The first-order valence-corrected chi connectivity index (χ1v) is 9.27. The molecule has 8 nitrogen and oxygen atoms in total. The van der Waals surface area contributed by atoms with Crippen molar-refractivity contribution in [3.63, 3.8) is 0 Å². The van der Waals surface area contributed by atoms with E-state index in [0.29, 0.717) is 39.3 Å². The van der Waals surface area contributed by atoms with Crippen molar-refractivity contribution >= 4 is 35.2 Å². The van der Waals surface area contributed by atoms with Crippen molar-refractivity contribution in [2.24, 2.45) is 0 Å². The summed E-state index contributed by atoms with van der Waals surface area (Å²) >= 11 is 6.16. The van der Waals surface area contributed by atoms with Crippen LogP contribution in [0, 0.1) is 0 Å². The maximum Gasteiger partial charge on any atom is 0.255 e. The van der Waals surface area contributed by atoms with Gasteiger partial charge in [0.1, 0.15) is 0 Å². The number of carbonyl (C=O) groups is 2. The van der Waals surface area contributed by atoms with Crippen LogP contribution < -0.4 is 24.3 Å². The number of rotatable bonds is 6. The quantitative estimate of drug-likeness (QED) is 0.704. The molecule has 0 bridgehead atoms. The molecule has 1 aliphatic rings. The van der Waals surface area contributed by atoms with Gasteiger partial charge in [-0.2, -0.15) is 0 Å². The number of nitrogens with zero attached hydrogens (tertiary/aromatic N) is 1. The van der Waals surface area contributed by atoms with Gasteiger partial charge in [-0.15, -0.1) is 0 Å². The van der Waals surface area contributed by atoms with Crippen molar-refractivity contribution in [2.75, 3.05) is 40.4 Å². The predicted molar refractivity (Wildman–Crippen MR) is 113 cm³/mol. The van der Waals surface area contributed by atoms with E-state index in [9.17, 15) is 9.59 Å². The molecule has 30 heavy (non-hydrogen) atoms. The van der Waals surface area contributed by atoms with Gasteiger partial charge in [0.2, 0.25) is 12.7 Å². The lowest BCUT2D eigenvalue weighted by Crippen LogP contribution is -2.24. The maximum absolute atomic E-state index is 12.6. The maximum atomic E-state index is 12.6. The summed E-state index contributed by atoms with van der Waals surface area (Å²) in [5.74, 6) is 1.03. The smallest absolute Gasteiger partial charge is 0.255 e. The van der Waals surface area contributed by atoms with Crippen LogP contribution in [0.1, 0.15) is 15.9 Å². The fraction of sp³-hybridized carbons (Fsp3) is 0.238. The predicted octanol–water partition coefficient (Wildman–Crippen LogP) is 3.44. The summed E-state index contributed by atoms with van der Waals surface area (Å²) in [4.78, 5) is 26.5. The Morgan fingerprint density at radius 2 is 1.80 bits per heavy atom. The van der Waals surface area contributed by atoms with Crippen LogP contribution in [0.2, 0.25) is 5.02 Å². The number of benzene rings is 2. The number of amides is 2. The van der Waals surface area contributed by atoms with Gasteiger partial charge in [0, 0.05) is 26.2 Å². The van der Waals surface area contributed by atoms with Crippen molar-refractivity contribution in [2.45, 2.75) is 0 Å². The Morgan fingerprint density at radius 3 is 2.47 bits per heavy atom. The third-order valence-electron chi connectivity index (χ3n) is 4.29. The van der Waals surface area contributed by atoms with Gasteiger partial charge in [-0.25, -0.2) is 0 Å². The molecule has 0 saturated carbocycles. The highest BCUT2D eigenvalue weighted by Crippen LogP contribution is 2.40. The standard InChI is InChI=1S/C21H21ClN2O6/c1-24(2)21(26)13-9-16(27-3)17(28-4)10-15(13)23-19(25)6-5-12-7-14(22)20-18(8-12)29-11-30-20/h5-10H,11H2,1-4H3,(H,23,25)/b6-5+. The SMILES string of the molecule is COc1cc(NC(=O)/C=C/c2cc(Cl)c3c(c2)OCO3)c(C(=O)N(C)C)cc1OC. The molecule has 0 fully saturated rings. The molecule has 0 aromatic heterocycles. The van der Waals surface area contributed by atoms with Gasteiger partial charge in [-0.05, 0) is 29.8 Å². The lowest BCUT2D eigenvalue weighted by atomic mass is 10.1. The zero-order valence-electron chi connectivity index (χ0n) is 16.9. The largest absolute Gasteiger partial charge is 0.493 e. The van der Waals surface area contributed by atoms with Crippen LogP contribution in [-0.4, -0.2) is 51.8 Å². The summed E-state index contributed by atoms with van der Waals surface area (Å²) < 4.78 is 21.1. The monoisotopic (exact) mass is 432 g/mol. The van der Waals surface area contributed by atoms with E-state index in [2.05, 4.69) is 5.32 Å². The fourth-order valence-corrected chi connectivity index (χ4v) is 3.10. The number of anilines is 1. The zero-order chi connectivity index (χ0) is 21.8. The highest BCUT2D eigenvalue weighted by molar-refractivity contribution is 6.32. The molecule has 1 N–H and O–H groups in total. The molecule has 2 aromatic carbocycles. The Hall–Kier alpha value is -3.39. The molecule has 0 spiro atoms. The molecule has 0 atom stereocenters. The summed E-state index contributed by atoms with van der Waals surface area (Å²) in [7, 11) is 6.18. The number of ether oxygens (including phenoxy) is 4. The number of nitrogens with one attached hydrogen (secondary N) is 1. The van der Waals surface area contributed by atoms with Gasteiger partial charge in [-0.3, -0.25) is 9.59 Å². The first kappa shape index (κ1) is 21.3. The molecule has 0 aliphatic carbocycles. The molecule has 158 valence electrons. The van der Waals surface area contributed by atoms with Crippen LogP contribution in [0.4, 0.5) is 5.69 Å². The van der Waals surface area contributed by atoms with Crippen molar-refractivity contribution in [1.29, 1.82) is 0 Å². The number of hydrogen-bond acceptors (Lipinski definition) is 6. The van der Waals surface area contributed by atoms with Crippen LogP contribution in [0.5, 0.6) is 23.0 Å². The average molecular weight is 433 g/mol. The average Bonchev–Trinajstić information content (AvgIpc) is 3.20. The molecule has 1 aliphatic heterocycles. The van der Waals surface area contributed by atoms with E-state index in [0.717, 1.165) is 0 Å². The molecular weight excluding hydrogens is 412 g/mol. The molecule has 3 rings (SSSR count). The number of carbonyl (C=O) groups excluding carboxylic acids is 2. The van der Waals surface area contributed by atoms with E-state index in [-0.39, 0.29) is 18.3 Å². The van der Waals surface area contributed by atoms with Crippen molar-refractivity contribution in [3.05, 3.63) is 46.5 Å². The van der Waals surface area contributed by atoms with Crippen LogP contribution in [0.25, 0.3) is 6.08 Å². The summed E-state index contributed by atoms with van der Waals surface area (Å²) in [6, 6.07) is 6.45.